The largest absolute Gasteiger partial charge is 0.497 e. The number of fused-ring (bicyclic) bond motifs is 1. The maximum absolute atomic E-state index is 13.0. The van der Waals surface area contributed by atoms with Crippen molar-refractivity contribution in [2.75, 3.05) is 17.3 Å². The normalized spacial score (nSPS) is 20.3. The maximum Gasteiger partial charge on any atom is 0.262 e. The molecule has 0 spiro atoms. The highest BCUT2D eigenvalue weighted by Gasteiger charge is 2.40. The molecule has 114 valence electrons. The number of nitrogens with one attached hydrogen (secondary N) is 1. The highest BCUT2D eigenvalue weighted by Crippen LogP contribution is 2.37. The standard InChI is InChI=1S/C18H20N2O2/c1-4-18(2)19-16-8-6-5-7-15(16)17(21)20(18)13-9-11-14(22-3)12-10-13/h5-12,19H,4H2,1-3H3. The summed E-state index contributed by atoms with van der Waals surface area (Å²) in [5, 5.41) is 3.50. The number of carbonyl (C=O) groups is 1. The molecule has 1 aliphatic rings. The summed E-state index contributed by atoms with van der Waals surface area (Å²) in [5.74, 6) is 0.795. The zero-order valence-electron chi connectivity index (χ0n) is 13.1. The molecule has 0 saturated carbocycles. The van der Waals surface area contributed by atoms with E-state index in [1.807, 2.05) is 60.4 Å². The molecular weight excluding hydrogens is 276 g/mol. The Bertz CT molecular complexity index is 696. The summed E-state index contributed by atoms with van der Waals surface area (Å²) in [6, 6.07) is 15.2. The molecular formula is C18H20N2O2. The lowest BCUT2D eigenvalue weighted by Crippen LogP contribution is -2.58. The number of hydrogen-bond acceptors (Lipinski definition) is 3. The molecule has 22 heavy (non-hydrogen) atoms. The van der Waals surface area contributed by atoms with E-state index in [1.165, 1.54) is 0 Å². The minimum absolute atomic E-state index is 0.0175. The lowest BCUT2D eigenvalue weighted by atomic mass is 9.97. The first-order valence-corrected chi connectivity index (χ1v) is 7.45. The molecule has 1 N–H and O–H groups in total. The van der Waals surface area contributed by atoms with Gasteiger partial charge in [-0.3, -0.25) is 9.69 Å². The number of benzene rings is 2. The van der Waals surface area contributed by atoms with Crippen molar-refractivity contribution < 1.29 is 9.53 Å². The summed E-state index contributed by atoms with van der Waals surface area (Å²) in [7, 11) is 1.63. The highest BCUT2D eigenvalue weighted by atomic mass is 16.5. The Morgan fingerprint density at radius 1 is 1.14 bits per heavy atom. The van der Waals surface area contributed by atoms with Gasteiger partial charge in [-0.2, -0.15) is 0 Å². The summed E-state index contributed by atoms with van der Waals surface area (Å²) >= 11 is 0. The number of hydrogen-bond donors (Lipinski definition) is 1. The molecule has 1 atom stereocenters. The van der Waals surface area contributed by atoms with Crippen LogP contribution >= 0.6 is 0 Å². The molecule has 4 heteroatoms. The zero-order valence-corrected chi connectivity index (χ0v) is 13.1. The van der Waals surface area contributed by atoms with Crippen molar-refractivity contribution in [3.63, 3.8) is 0 Å². The van der Waals surface area contributed by atoms with Crippen molar-refractivity contribution in [2.45, 2.75) is 25.9 Å². The highest BCUT2D eigenvalue weighted by molar-refractivity contribution is 6.12. The number of carbonyl (C=O) groups excluding carboxylic acids is 1. The Kier molecular flexibility index (Phi) is 3.53. The molecule has 2 aromatic rings. The molecule has 0 aliphatic carbocycles. The second kappa shape index (κ2) is 5.37. The van der Waals surface area contributed by atoms with Gasteiger partial charge in [0, 0.05) is 11.4 Å². The average molecular weight is 296 g/mol. The summed E-state index contributed by atoms with van der Waals surface area (Å²) in [6.07, 6.45) is 0.791. The van der Waals surface area contributed by atoms with Crippen LogP contribution in [0.1, 0.15) is 30.6 Å². The Morgan fingerprint density at radius 2 is 1.82 bits per heavy atom. The van der Waals surface area contributed by atoms with E-state index in [9.17, 15) is 4.79 Å². The fraction of sp³-hybridized carbons (Fsp3) is 0.278. The van der Waals surface area contributed by atoms with Gasteiger partial charge in [0.2, 0.25) is 0 Å². The number of amides is 1. The van der Waals surface area contributed by atoms with E-state index < -0.39 is 5.66 Å². The maximum atomic E-state index is 13.0. The minimum atomic E-state index is -0.458. The number of anilines is 2. The number of nitrogens with zero attached hydrogens (tertiary/aromatic N) is 1. The first kappa shape index (κ1) is 14.4. The number of rotatable bonds is 3. The molecule has 0 saturated heterocycles. The van der Waals surface area contributed by atoms with Crippen molar-refractivity contribution in [1.29, 1.82) is 0 Å². The van der Waals surface area contributed by atoms with Crippen molar-refractivity contribution in [3.8, 4) is 5.75 Å². The van der Waals surface area contributed by atoms with Crippen LogP contribution in [0.4, 0.5) is 11.4 Å². The molecule has 0 fully saturated rings. The Balaban J connectivity index is 2.09. The fourth-order valence-electron chi connectivity index (χ4n) is 2.85. The van der Waals surface area contributed by atoms with Gasteiger partial charge in [-0.15, -0.1) is 0 Å². The predicted molar refractivity (Wildman–Crippen MR) is 88.6 cm³/mol. The molecule has 1 unspecified atom stereocenters. The Morgan fingerprint density at radius 3 is 2.45 bits per heavy atom. The number of ether oxygens (including phenoxy) is 1. The topological polar surface area (TPSA) is 41.6 Å². The third-order valence-electron chi connectivity index (χ3n) is 4.28. The van der Waals surface area contributed by atoms with Crippen molar-refractivity contribution in [2.24, 2.45) is 0 Å². The van der Waals surface area contributed by atoms with E-state index in [0.717, 1.165) is 23.5 Å². The SMILES string of the molecule is CCC1(C)Nc2ccccc2C(=O)N1c1ccc(OC)cc1. The third-order valence-corrected chi connectivity index (χ3v) is 4.28. The van der Waals surface area contributed by atoms with Gasteiger partial charge in [0.15, 0.2) is 0 Å². The summed E-state index contributed by atoms with van der Waals surface area (Å²) in [6.45, 7) is 4.12. The summed E-state index contributed by atoms with van der Waals surface area (Å²) < 4.78 is 5.20. The molecule has 3 rings (SSSR count). The molecule has 0 radical (unpaired) electrons. The van der Waals surface area contributed by atoms with E-state index in [-0.39, 0.29) is 5.91 Å². The van der Waals surface area contributed by atoms with E-state index in [1.54, 1.807) is 7.11 Å². The summed E-state index contributed by atoms with van der Waals surface area (Å²) in [4.78, 5) is 14.8. The van der Waals surface area contributed by atoms with Crippen LogP contribution in [-0.4, -0.2) is 18.7 Å². The fourth-order valence-corrected chi connectivity index (χ4v) is 2.85. The van der Waals surface area contributed by atoms with E-state index >= 15 is 0 Å². The Labute approximate surface area is 130 Å². The van der Waals surface area contributed by atoms with E-state index in [0.29, 0.717) is 5.56 Å². The monoisotopic (exact) mass is 296 g/mol. The van der Waals surface area contributed by atoms with Gasteiger partial charge in [-0.05, 0) is 49.7 Å². The van der Waals surface area contributed by atoms with Crippen molar-refractivity contribution in [1.82, 2.24) is 0 Å². The number of methoxy groups -OCH3 is 1. The zero-order chi connectivity index (χ0) is 15.7. The second-order valence-corrected chi connectivity index (χ2v) is 5.64. The summed E-state index contributed by atoms with van der Waals surface area (Å²) in [5.41, 5.74) is 1.99. The lowest BCUT2D eigenvalue weighted by molar-refractivity contribution is 0.0956. The number of para-hydroxylation sites is 1. The third kappa shape index (κ3) is 2.21. The van der Waals surface area contributed by atoms with Crippen LogP contribution in [0.2, 0.25) is 0 Å². The Hall–Kier alpha value is -2.49. The van der Waals surface area contributed by atoms with Gasteiger partial charge >= 0.3 is 0 Å². The van der Waals surface area contributed by atoms with E-state index in [2.05, 4.69) is 12.2 Å². The smallest absolute Gasteiger partial charge is 0.262 e. The van der Waals surface area contributed by atoms with Crippen LogP contribution < -0.4 is 15.0 Å². The van der Waals surface area contributed by atoms with Crippen LogP contribution in [0.5, 0.6) is 5.75 Å². The average Bonchev–Trinajstić information content (AvgIpc) is 2.55. The van der Waals surface area contributed by atoms with Crippen LogP contribution in [0.25, 0.3) is 0 Å². The quantitative estimate of drug-likeness (QED) is 0.934. The van der Waals surface area contributed by atoms with Gasteiger partial charge in [0.25, 0.3) is 5.91 Å². The first-order chi connectivity index (χ1) is 10.6. The van der Waals surface area contributed by atoms with E-state index in [4.69, 9.17) is 4.74 Å². The molecule has 1 amide bonds. The molecule has 0 bridgehead atoms. The van der Waals surface area contributed by atoms with Crippen molar-refractivity contribution >= 4 is 17.3 Å². The van der Waals surface area contributed by atoms with Gasteiger partial charge in [0.05, 0.1) is 12.7 Å². The predicted octanol–water partition coefficient (Wildman–Crippen LogP) is 3.89. The molecule has 4 nitrogen and oxygen atoms in total. The van der Waals surface area contributed by atoms with Crippen LogP contribution in [0.15, 0.2) is 48.5 Å². The van der Waals surface area contributed by atoms with Gasteiger partial charge in [0.1, 0.15) is 11.4 Å². The molecule has 0 aromatic heterocycles. The van der Waals surface area contributed by atoms with Crippen LogP contribution in [0, 0.1) is 0 Å². The lowest BCUT2D eigenvalue weighted by Gasteiger charge is -2.46. The van der Waals surface area contributed by atoms with Gasteiger partial charge in [-0.25, -0.2) is 0 Å². The molecule has 1 aliphatic heterocycles. The minimum Gasteiger partial charge on any atom is -0.497 e. The van der Waals surface area contributed by atoms with Crippen molar-refractivity contribution in [3.05, 3.63) is 54.1 Å². The first-order valence-electron chi connectivity index (χ1n) is 7.45. The van der Waals surface area contributed by atoms with Crippen LogP contribution in [0.3, 0.4) is 0 Å². The second-order valence-electron chi connectivity index (χ2n) is 5.64. The molecule has 2 aromatic carbocycles. The van der Waals surface area contributed by atoms with Gasteiger partial charge < -0.3 is 10.1 Å². The molecule has 1 heterocycles. The van der Waals surface area contributed by atoms with Crippen LogP contribution in [-0.2, 0) is 0 Å². The van der Waals surface area contributed by atoms with Gasteiger partial charge in [-0.1, -0.05) is 19.1 Å².